The molecule has 0 heterocycles. The molecule has 1 saturated carbocycles. The number of benzene rings is 1. The van der Waals surface area contributed by atoms with E-state index in [1.54, 1.807) is 4.90 Å². The first-order chi connectivity index (χ1) is 9.45. The van der Waals surface area contributed by atoms with Crippen LogP contribution < -0.4 is 0 Å². The van der Waals surface area contributed by atoms with Crippen LogP contribution in [-0.2, 0) is 6.18 Å². The molecule has 2 nitrogen and oxygen atoms in total. The predicted molar refractivity (Wildman–Crippen MR) is 70.4 cm³/mol. The van der Waals surface area contributed by atoms with Crippen molar-refractivity contribution in [3.8, 4) is 0 Å². The summed E-state index contributed by atoms with van der Waals surface area (Å²) in [7, 11) is 0. The summed E-state index contributed by atoms with van der Waals surface area (Å²) in [5.74, 6) is -0.507. The van der Waals surface area contributed by atoms with Gasteiger partial charge in [-0.05, 0) is 31.9 Å². The van der Waals surface area contributed by atoms with Crippen molar-refractivity contribution < 1.29 is 18.0 Å². The average Bonchev–Trinajstić information content (AvgIpc) is 2.92. The molecule has 1 fully saturated rings. The minimum Gasteiger partial charge on any atom is -0.336 e. The van der Waals surface area contributed by atoms with Gasteiger partial charge in [-0.3, -0.25) is 4.79 Å². The molecule has 0 unspecified atom stereocenters. The normalized spacial score (nSPS) is 16.4. The molecule has 5 heteroatoms. The second-order valence-corrected chi connectivity index (χ2v) is 5.07. The third kappa shape index (κ3) is 2.97. The average molecular weight is 285 g/mol. The van der Waals surface area contributed by atoms with E-state index < -0.39 is 17.6 Å². The van der Waals surface area contributed by atoms with E-state index in [9.17, 15) is 18.0 Å². The Balaban J connectivity index is 2.32. The van der Waals surface area contributed by atoms with E-state index in [4.69, 9.17) is 0 Å². The monoisotopic (exact) mass is 285 g/mol. The second-order valence-electron chi connectivity index (χ2n) is 5.07. The fourth-order valence-corrected chi connectivity index (χ4v) is 2.86. The standard InChI is InChI=1S/C15H18F3NO/c1-2-19(11-7-3-4-8-11)14(20)12-9-5-6-10-13(12)15(16,17)18/h5-6,9-11H,2-4,7-8H2,1H3. The fourth-order valence-electron chi connectivity index (χ4n) is 2.86. The number of alkyl halides is 3. The van der Waals surface area contributed by atoms with Crippen LogP contribution in [0.1, 0.15) is 48.5 Å². The summed E-state index contributed by atoms with van der Waals surface area (Å²) in [5, 5.41) is 0. The van der Waals surface area contributed by atoms with Crippen molar-refractivity contribution >= 4 is 5.91 Å². The molecule has 0 atom stereocenters. The zero-order valence-electron chi connectivity index (χ0n) is 11.4. The number of hydrogen-bond acceptors (Lipinski definition) is 1. The van der Waals surface area contributed by atoms with Gasteiger partial charge in [-0.1, -0.05) is 25.0 Å². The maximum Gasteiger partial charge on any atom is 0.417 e. The Morgan fingerprint density at radius 2 is 1.85 bits per heavy atom. The van der Waals surface area contributed by atoms with Crippen LogP contribution in [0.15, 0.2) is 24.3 Å². The SMILES string of the molecule is CCN(C(=O)c1ccccc1C(F)(F)F)C1CCCC1. The summed E-state index contributed by atoms with van der Waals surface area (Å²) in [5.41, 5.74) is -1.09. The van der Waals surface area contributed by atoms with Gasteiger partial charge in [-0.25, -0.2) is 0 Å². The summed E-state index contributed by atoms with van der Waals surface area (Å²) >= 11 is 0. The largest absolute Gasteiger partial charge is 0.417 e. The van der Waals surface area contributed by atoms with Crippen molar-refractivity contribution in [3.63, 3.8) is 0 Å². The van der Waals surface area contributed by atoms with Crippen LogP contribution in [0.3, 0.4) is 0 Å². The summed E-state index contributed by atoms with van der Waals surface area (Å²) < 4.78 is 38.9. The number of halogens is 3. The Hall–Kier alpha value is -1.52. The molecule has 0 bridgehead atoms. The van der Waals surface area contributed by atoms with Crippen molar-refractivity contribution in [3.05, 3.63) is 35.4 Å². The van der Waals surface area contributed by atoms with Crippen LogP contribution in [0, 0.1) is 0 Å². The second kappa shape index (κ2) is 5.85. The Morgan fingerprint density at radius 3 is 2.40 bits per heavy atom. The van der Waals surface area contributed by atoms with Crippen molar-refractivity contribution in [2.45, 2.75) is 44.8 Å². The minimum absolute atomic E-state index is 0.0776. The van der Waals surface area contributed by atoms with Crippen LogP contribution >= 0.6 is 0 Å². The van der Waals surface area contributed by atoms with Gasteiger partial charge in [0.2, 0.25) is 0 Å². The minimum atomic E-state index is -4.50. The third-order valence-corrected chi connectivity index (χ3v) is 3.83. The van der Waals surface area contributed by atoms with Gasteiger partial charge >= 0.3 is 6.18 Å². The quantitative estimate of drug-likeness (QED) is 0.818. The van der Waals surface area contributed by atoms with Crippen LogP contribution in [-0.4, -0.2) is 23.4 Å². The summed E-state index contributed by atoms with van der Waals surface area (Å²) in [4.78, 5) is 14.0. The molecule has 0 aliphatic heterocycles. The third-order valence-electron chi connectivity index (χ3n) is 3.83. The van der Waals surface area contributed by atoms with Gasteiger partial charge in [0.25, 0.3) is 5.91 Å². The molecule has 0 saturated heterocycles. The lowest BCUT2D eigenvalue weighted by atomic mass is 10.0. The predicted octanol–water partition coefficient (Wildman–Crippen LogP) is 4.11. The molecule has 1 aromatic rings. The van der Waals surface area contributed by atoms with Gasteiger partial charge in [0.1, 0.15) is 0 Å². The first-order valence-electron chi connectivity index (χ1n) is 6.92. The highest BCUT2D eigenvalue weighted by Gasteiger charge is 2.37. The lowest BCUT2D eigenvalue weighted by molar-refractivity contribution is -0.138. The van der Waals surface area contributed by atoms with Gasteiger partial charge in [-0.15, -0.1) is 0 Å². The van der Waals surface area contributed by atoms with Crippen LogP contribution in [0.25, 0.3) is 0 Å². The molecule has 0 N–H and O–H groups in total. The number of nitrogens with zero attached hydrogens (tertiary/aromatic N) is 1. The van der Waals surface area contributed by atoms with Gasteiger partial charge in [-0.2, -0.15) is 13.2 Å². The van der Waals surface area contributed by atoms with Crippen molar-refractivity contribution in [1.82, 2.24) is 4.90 Å². The summed E-state index contributed by atoms with van der Waals surface area (Å²) in [6, 6.07) is 5.10. The smallest absolute Gasteiger partial charge is 0.336 e. The van der Waals surface area contributed by atoms with Crippen LogP contribution in [0.4, 0.5) is 13.2 Å². The summed E-state index contributed by atoms with van der Waals surface area (Å²) in [6.45, 7) is 2.25. The molecule has 0 spiro atoms. The highest BCUT2D eigenvalue weighted by molar-refractivity contribution is 5.96. The fraction of sp³-hybridized carbons (Fsp3) is 0.533. The lowest BCUT2D eigenvalue weighted by Crippen LogP contribution is -2.39. The van der Waals surface area contributed by atoms with Gasteiger partial charge < -0.3 is 4.90 Å². The Labute approximate surface area is 116 Å². The molecule has 2 rings (SSSR count). The number of carbonyl (C=O) groups is 1. The molecule has 1 aliphatic carbocycles. The molecule has 1 aliphatic rings. The highest BCUT2D eigenvalue weighted by Crippen LogP contribution is 2.33. The van der Waals surface area contributed by atoms with Crippen LogP contribution in [0.2, 0.25) is 0 Å². The van der Waals surface area contributed by atoms with E-state index in [0.717, 1.165) is 31.7 Å². The zero-order chi connectivity index (χ0) is 14.8. The van der Waals surface area contributed by atoms with Crippen LogP contribution in [0.5, 0.6) is 0 Å². The van der Waals surface area contributed by atoms with E-state index in [1.807, 2.05) is 6.92 Å². The topological polar surface area (TPSA) is 20.3 Å². The molecule has 20 heavy (non-hydrogen) atoms. The molecule has 0 radical (unpaired) electrons. The van der Waals surface area contributed by atoms with E-state index in [2.05, 4.69) is 0 Å². The van der Waals surface area contributed by atoms with Crippen molar-refractivity contribution in [2.75, 3.05) is 6.54 Å². The van der Waals surface area contributed by atoms with E-state index in [1.165, 1.54) is 18.2 Å². The van der Waals surface area contributed by atoms with Gasteiger partial charge in [0.05, 0.1) is 11.1 Å². The van der Waals surface area contributed by atoms with Crippen molar-refractivity contribution in [1.29, 1.82) is 0 Å². The molecule has 0 aromatic heterocycles. The number of hydrogen-bond donors (Lipinski definition) is 0. The Kier molecular flexibility index (Phi) is 4.35. The highest BCUT2D eigenvalue weighted by atomic mass is 19.4. The Bertz CT molecular complexity index is 478. The van der Waals surface area contributed by atoms with E-state index >= 15 is 0 Å². The van der Waals surface area contributed by atoms with Gasteiger partial charge in [0, 0.05) is 12.6 Å². The maximum absolute atomic E-state index is 13.0. The number of amides is 1. The first-order valence-corrected chi connectivity index (χ1v) is 6.92. The molecular weight excluding hydrogens is 267 g/mol. The zero-order valence-corrected chi connectivity index (χ0v) is 11.4. The Morgan fingerprint density at radius 1 is 1.25 bits per heavy atom. The lowest BCUT2D eigenvalue weighted by Gasteiger charge is -2.28. The number of rotatable bonds is 3. The molecule has 110 valence electrons. The van der Waals surface area contributed by atoms with Gasteiger partial charge in [0.15, 0.2) is 0 Å². The van der Waals surface area contributed by atoms with Crippen molar-refractivity contribution in [2.24, 2.45) is 0 Å². The maximum atomic E-state index is 13.0. The van der Waals surface area contributed by atoms with E-state index in [0.29, 0.717) is 6.54 Å². The molecule has 1 amide bonds. The molecular formula is C15H18F3NO. The first kappa shape index (κ1) is 14.9. The van der Waals surface area contributed by atoms with E-state index in [-0.39, 0.29) is 11.6 Å². The summed E-state index contributed by atoms with van der Waals surface area (Å²) in [6.07, 6.45) is -0.659. The molecule has 1 aromatic carbocycles. The number of carbonyl (C=O) groups excluding carboxylic acids is 1.